The molecule has 0 atom stereocenters. The lowest BCUT2D eigenvalue weighted by Crippen LogP contribution is -2.25. The van der Waals surface area contributed by atoms with Crippen molar-refractivity contribution >= 4 is 28.3 Å². The quantitative estimate of drug-likeness (QED) is 0.756. The number of halogens is 1. The average Bonchev–Trinajstić information content (AvgIpc) is 2.90. The van der Waals surface area contributed by atoms with E-state index < -0.39 is 0 Å². The van der Waals surface area contributed by atoms with Crippen molar-refractivity contribution in [2.75, 3.05) is 0 Å². The predicted molar refractivity (Wildman–Crippen MR) is 81.1 cm³/mol. The van der Waals surface area contributed by atoms with Crippen molar-refractivity contribution in [3.63, 3.8) is 0 Å². The van der Waals surface area contributed by atoms with Crippen molar-refractivity contribution in [2.45, 2.75) is 6.54 Å². The molecule has 0 bridgehead atoms. The highest BCUT2D eigenvalue weighted by Gasteiger charge is 2.11. The zero-order valence-corrected chi connectivity index (χ0v) is 12.1. The van der Waals surface area contributed by atoms with Crippen LogP contribution in [-0.4, -0.2) is 20.4 Å². The molecule has 0 aliphatic rings. The van der Waals surface area contributed by atoms with Crippen molar-refractivity contribution in [3.8, 4) is 0 Å². The van der Waals surface area contributed by atoms with E-state index in [4.69, 9.17) is 11.6 Å². The van der Waals surface area contributed by atoms with Crippen LogP contribution in [0.25, 0.3) is 10.8 Å². The molecular weight excluding hydrogens is 288 g/mol. The van der Waals surface area contributed by atoms with Crippen molar-refractivity contribution < 1.29 is 4.79 Å². The first kappa shape index (κ1) is 13.6. The Morgan fingerprint density at radius 3 is 2.95 bits per heavy atom. The first-order valence-corrected chi connectivity index (χ1v) is 6.82. The number of carbonyl (C=O) groups excluding carboxylic acids is 1. The fourth-order valence-corrected chi connectivity index (χ4v) is 2.35. The molecule has 1 aromatic carbocycles. The lowest BCUT2D eigenvalue weighted by Gasteiger charge is -2.07. The molecule has 0 fully saturated rings. The molecule has 0 unspecified atom stereocenters. The van der Waals surface area contributed by atoms with Gasteiger partial charge in [0.25, 0.3) is 5.91 Å². The molecule has 0 spiro atoms. The molecule has 2 aromatic heterocycles. The molecule has 2 heterocycles. The number of rotatable bonds is 3. The average molecular weight is 301 g/mol. The van der Waals surface area contributed by atoms with Crippen LogP contribution < -0.4 is 5.32 Å². The topological polar surface area (TPSA) is 59.8 Å². The lowest BCUT2D eigenvalue weighted by molar-refractivity contribution is 0.0945. The Morgan fingerprint density at radius 2 is 2.19 bits per heavy atom. The number of hydrogen-bond acceptors (Lipinski definition) is 3. The van der Waals surface area contributed by atoms with E-state index in [2.05, 4.69) is 15.3 Å². The number of aromatic nitrogens is 3. The summed E-state index contributed by atoms with van der Waals surface area (Å²) in [6.45, 7) is 0.342. The monoisotopic (exact) mass is 300 g/mol. The molecule has 1 N–H and O–H groups in total. The summed E-state index contributed by atoms with van der Waals surface area (Å²) in [6.07, 6.45) is 3.51. The van der Waals surface area contributed by atoms with Crippen LogP contribution in [0.5, 0.6) is 0 Å². The number of fused-ring (bicyclic) bond motifs is 1. The van der Waals surface area contributed by atoms with Crippen molar-refractivity contribution in [1.29, 1.82) is 0 Å². The summed E-state index contributed by atoms with van der Waals surface area (Å²) >= 11 is 6.12. The Hall–Kier alpha value is -2.40. The van der Waals surface area contributed by atoms with Gasteiger partial charge in [0, 0.05) is 24.8 Å². The van der Waals surface area contributed by atoms with Gasteiger partial charge in [0.05, 0.1) is 6.54 Å². The number of nitrogens with one attached hydrogen (secondary N) is 1. The van der Waals surface area contributed by atoms with Gasteiger partial charge in [-0.05, 0) is 11.5 Å². The summed E-state index contributed by atoms with van der Waals surface area (Å²) in [5.41, 5.74) is 0.299. The van der Waals surface area contributed by atoms with E-state index in [1.807, 2.05) is 42.1 Å². The Balaban J connectivity index is 1.83. The summed E-state index contributed by atoms with van der Waals surface area (Å²) in [5, 5.41) is 4.84. The van der Waals surface area contributed by atoms with E-state index in [-0.39, 0.29) is 5.91 Å². The molecule has 0 saturated heterocycles. The van der Waals surface area contributed by atoms with Crippen molar-refractivity contribution in [3.05, 3.63) is 59.4 Å². The Morgan fingerprint density at radius 1 is 1.38 bits per heavy atom. The molecule has 0 aliphatic carbocycles. The first-order chi connectivity index (χ1) is 10.1. The summed E-state index contributed by atoms with van der Waals surface area (Å²) in [5.74, 6) is 0.501. The van der Waals surface area contributed by atoms with Gasteiger partial charge in [-0.15, -0.1) is 0 Å². The minimum absolute atomic E-state index is 0.273. The number of imidazole rings is 1. The van der Waals surface area contributed by atoms with Gasteiger partial charge in [-0.25, -0.2) is 9.97 Å². The van der Waals surface area contributed by atoms with Crippen LogP contribution in [0.4, 0.5) is 0 Å². The third kappa shape index (κ3) is 2.73. The first-order valence-electron chi connectivity index (χ1n) is 6.45. The van der Waals surface area contributed by atoms with Gasteiger partial charge >= 0.3 is 0 Å². The molecule has 21 heavy (non-hydrogen) atoms. The second-order valence-corrected chi connectivity index (χ2v) is 5.01. The molecular formula is C15H13ClN4O. The van der Waals surface area contributed by atoms with Gasteiger partial charge in [-0.3, -0.25) is 4.79 Å². The van der Waals surface area contributed by atoms with Crippen LogP contribution >= 0.6 is 11.6 Å². The molecule has 0 radical (unpaired) electrons. The summed E-state index contributed by atoms with van der Waals surface area (Å²) in [4.78, 5) is 20.5. The zero-order valence-electron chi connectivity index (χ0n) is 11.4. The zero-order chi connectivity index (χ0) is 14.8. The largest absolute Gasteiger partial charge is 0.343 e. The van der Waals surface area contributed by atoms with Crippen LogP contribution in [-0.2, 0) is 13.6 Å². The standard InChI is InChI=1S/C15H13ClN4O/c1-20-7-6-17-13(20)9-18-15(21)12-8-10-4-2-3-5-11(10)14(16)19-12/h2-8H,9H2,1H3,(H,18,21). The third-order valence-electron chi connectivity index (χ3n) is 3.25. The van der Waals surface area contributed by atoms with E-state index in [9.17, 15) is 4.79 Å². The number of carbonyl (C=O) groups is 1. The highest BCUT2D eigenvalue weighted by atomic mass is 35.5. The van der Waals surface area contributed by atoms with Gasteiger partial charge in [-0.2, -0.15) is 0 Å². The fraction of sp³-hybridized carbons (Fsp3) is 0.133. The van der Waals surface area contributed by atoms with E-state index in [1.54, 1.807) is 12.3 Å². The van der Waals surface area contributed by atoms with Crippen LogP contribution in [0.3, 0.4) is 0 Å². The van der Waals surface area contributed by atoms with Crippen LogP contribution in [0, 0.1) is 0 Å². The smallest absolute Gasteiger partial charge is 0.270 e. The van der Waals surface area contributed by atoms with Gasteiger partial charge in [0.1, 0.15) is 16.7 Å². The normalized spacial score (nSPS) is 10.8. The summed E-state index contributed by atoms with van der Waals surface area (Å²) in [6, 6.07) is 9.29. The maximum absolute atomic E-state index is 12.2. The van der Waals surface area contributed by atoms with E-state index in [1.165, 1.54) is 0 Å². The SMILES string of the molecule is Cn1ccnc1CNC(=O)c1cc2ccccc2c(Cl)n1. The van der Waals surface area contributed by atoms with Gasteiger partial charge < -0.3 is 9.88 Å². The van der Waals surface area contributed by atoms with E-state index >= 15 is 0 Å². The molecule has 3 aromatic rings. The van der Waals surface area contributed by atoms with Crippen LogP contribution in [0.15, 0.2) is 42.7 Å². The minimum atomic E-state index is -0.273. The van der Waals surface area contributed by atoms with Gasteiger partial charge in [0.15, 0.2) is 0 Å². The fourth-order valence-electron chi connectivity index (χ4n) is 2.09. The van der Waals surface area contributed by atoms with Gasteiger partial charge in [0.2, 0.25) is 0 Å². The number of amides is 1. The highest BCUT2D eigenvalue weighted by molar-refractivity contribution is 6.34. The van der Waals surface area contributed by atoms with Crippen LogP contribution in [0.1, 0.15) is 16.3 Å². The number of benzene rings is 1. The number of pyridine rings is 1. The maximum atomic E-state index is 12.2. The van der Waals surface area contributed by atoms with E-state index in [0.717, 1.165) is 16.6 Å². The Labute approximate surface area is 126 Å². The predicted octanol–water partition coefficient (Wildman–Crippen LogP) is 2.55. The number of aryl methyl sites for hydroxylation is 1. The molecule has 6 heteroatoms. The molecule has 0 saturated carbocycles. The van der Waals surface area contributed by atoms with Crippen molar-refractivity contribution in [1.82, 2.24) is 19.9 Å². The second-order valence-electron chi connectivity index (χ2n) is 4.66. The van der Waals surface area contributed by atoms with Crippen molar-refractivity contribution in [2.24, 2.45) is 7.05 Å². The molecule has 0 aliphatic heterocycles. The molecule has 1 amide bonds. The number of hydrogen-bond donors (Lipinski definition) is 1. The Kier molecular flexibility index (Phi) is 3.58. The van der Waals surface area contributed by atoms with E-state index in [0.29, 0.717) is 17.4 Å². The molecule has 5 nitrogen and oxygen atoms in total. The third-order valence-corrected chi connectivity index (χ3v) is 3.54. The second kappa shape index (κ2) is 5.54. The number of nitrogens with zero attached hydrogens (tertiary/aromatic N) is 3. The highest BCUT2D eigenvalue weighted by Crippen LogP contribution is 2.22. The maximum Gasteiger partial charge on any atom is 0.270 e. The van der Waals surface area contributed by atoms with Gasteiger partial charge in [-0.1, -0.05) is 35.9 Å². The van der Waals surface area contributed by atoms with Crippen LogP contribution in [0.2, 0.25) is 5.15 Å². The minimum Gasteiger partial charge on any atom is -0.343 e. The molecule has 3 rings (SSSR count). The summed E-state index contributed by atoms with van der Waals surface area (Å²) in [7, 11) is 1.87. The lowest BCUT2D eigenvalue weighted by atomic mass is 10.1. The molecule has 106 valence electrons. The summed E-state index contributed by atoms with van der Waals surface area (Å²) < 4.78 is 1.85. The Bertz CT molecular complexity index is 812.